The van der Waals surface area contributed by atoms with Crippen LogP contribution in [0.5, 0.6) is 0 Å². The van der Waals surface area contributed by atoms with Gasteiger partial charge in [0.2, 0.25) is 5.82 Å². The molecule has 3 heterocycles. The Labute approximate surface area is 123 Å². The Morgan fingerprint density at radius 2 is 2.17 bits per heavy atom. The van der Waals surface area contributed by atoms with Crippen molar-refractivity contribution in [3.63, 3.8) is 0 Å². The van der Waals surface area contributed by atoms with Crippen molar-refractivity contribution >= 4 is 11.0 Å². The largest absolute Gasteiger partial charge is 1.00 e. The number of aromatic nitrogens is 3. The van der Waals surface area contributed by atoms with Gasteiger partial charge in [-0.3, -0.25) is 4.79 Å². The molecule has 0 atom stereocenters. The zero-order chi connectivity index (χ0) is 11.8. The molecule has 3 rings (SSSR count). The summed E-state index contributed by atoms with van der Waals surface area (Å²) in [6, 6.07) is 3.69. The molecule has 0 aliphatic carbocycles. The van der Waals surface area contributed by atoms with E-state index in [9.17, 15) is 4.79 Å². The Morgan fingerprint density at radius 1 is 1.33 bits per heavy atom. The molecular formula is C13H16IN3O. The highest BCUT2D eigenvalue weighted by Gasteiger charge is 2.22. The normalized spacial score (nSPS) is 14.7. The fraction of sp³-hybridized carbons (Fsp3) is 0.462. The highest BCUT2D eigenvalue weighted by molar-refractivity contribution is 5.69. The molecule has 2 aromatic heterocycles. The Balaban J connectivity index is 0.00000120. The van der Waals surface area contributed by atoms with Crippen molar-refractivity contribution in [2.45, 2.75) is 32.2 Å². The van der Waals surface area contributed by atoms with Crippen LogP contribution >= 0.6 is 0 Å². The standard InChI is InChI=1S/C13H16N3O.HI/c1-15-11-7-3-2-4-9-16(11)12-10(13(15)17)6-5-8-14-12;/h5-6,8H,2-4,7,9H2,1H3;1H/q+1;/p-1. The molecule has 0 spiro atoms. The van der Waals surface area contributed by atoms with E-state index in [2.05, 4.69) is 9.55 Å². The van der Waals surface area contributed by atoms with Gasteiger partial charge >= 0.3 is 5.56 Å². The summed E-state index contributed by atoms with van der Waals surface area (Å²) >= 11 is 0. The van der Waals surface area contributed by atoms with Crippen molar-refractivity contribution in [1.29, 1.82) is 0 Å². The summed E-state index contributed by atoms with van der Waals surface area (Å²) in [5, 5.41) is 0.723. The SMILES string of the molecule is Cn1c2[n+](c3ncccc3c1=O)CCCCC2.[I-]. The Hall–Kier alpha value is -0.980. The number of halogens is 1. The molecule has 96 valence electrons. The molecule has 0 bridgehead atoms. The van der Waals surface area contributed by atoms with Crippen molar-refractivity contribution in [1.82, 2.24) is 9.55 Å². The first-order valence-corrected chi connectivity index (χ1v) is 6.15. The molecule has 0 N–H and O–H groups in total. The number of rotatable bonds is 0. The molecule has 0 aromatic carbocycles. The molecule has 2 aromatic rings. The topological polar surface area (TPSA) is 38.8 Å². The molecule has 0 unspecified atom stereocenters. The fourth-order valence-electron chi connectivity index (χ4n) is 2.65. The zero-order valence-corrected chi connectivity index (χ0v) is 12.6. The van der Waals surface area contributed by atoms with Crippen molar-refractivity contribution in [3.8, 4) is 0 Å². The third-order valence-electron chi connectivity index (χ3n) is 3.56. The molecule has 1 aliphatic heterocycles. The highest BCUT2D eigenvalue weighted by atomic mass is 127. The first-order valence-electron chi connectivity index (χ1n) is 6.15. The molecule has 4 nitrogen and oxygen atoms in total. The lowest BCUT2D eigenvalue weighted by atomic mass is 10.2. The summed E-state index contributed by atoms with van der Waals surface area (Å²) < 4.78 is 4.00. The summed E-state index contributed by atoms with van der Waals surface area (Å²) in [6.45, 7) is 0.969. The summed E-state index contributed by atoms with van der Waals surface area (Å²) in [6.07, 6.45) is 6.29. The average molecular weight is 357 g/mol. The van der Waals surface area contributed by atoms with E-state index >= 15 is 0 Å². The van der Waals surface area contributed by atoms with Crippen molar-refractivity contribution < 1.29 is 28.5 Å². The summed E-state index contributed by atoms with van der Waals surface area (Å²) in [4.78, 5) is 16.6. The van der Waals surface area contributed by atoms with Crippen LogP contribution in [0.25, 0.3) is 11.0 Å². The number of fused-ring (bicyclic) bond motifs is 3. The minimum atomic E-state index is 0. The molecule has 0 saturated carbocycles. The van der Waals surface area contributed by atoms with E-state index in [0.29, 0.717) is 0 Å². The molecule has 18 heavy (non-hydrogen) atoms. The highest BCUT2D eigenvalue weighted by Crippen LogP contribution is 2.10. The Bertz CT molecular complexity index is 636. The van der Waals surface area contributed by atoms with Crippen molar-refractivity contribution in [2.75, 3.05) is 0 Å². The monoisotopic (exact) mass is 357 g/mol. The lowest BCUT2D eigenvalue weighted by molar-refractivity contribution is -0.684. The minimum absolute atomic E-state index is 0. The maximum Gasteiger partial charge on any atom is 0.320 e. The van der Waals surface area contributed by atoms with Crippen LogP contribution < -0.4 is 34.1 Å². The quantitative estimate of drug-likeness (QED) is 0.402. The summed E-state index contributed by atoms with van der Waals surface area (Å²) in [5.41, 5.74) is 0.911. The van der Waals surface area contributed by atoms with Gasteiger partial charge in [0.05, 0.1) is 13.6 Å². The van der Waals surface area contributed by atoms with Crippen LogP contribution in [0.4, 0.5) is 0 Å². The molecule has 5 heteroatoms. The Kier molecular flexibility index (Phi) is 3.99. The Morgan fingerprint density at radius 3 is 3.00 bits per heavy atom. The zero-order valence-electron chi connectivity index (χ0n) is 10.4. The van der Waals surface area contributed by atoms with Crippen LogP contribution in [0, 0.1) is 0 Å². The van der Waals surface area contributed by atoms with E-state index in [1.807, 2.05) is 19.2 Å². The van der Waals surface area contributed by atoms with Gasteiger partial charge in [-0.05, 0) is 31.4 Å². The van der Waals surface area contributed by atoms with Crippen LogP contribution in [0.2, 0.25) is 0 Å². The summed E-state index contributed by atoms with van der Waals surface area (Å²) in [5.74, 6) is 1.11. The van der Waals surface area contributed by atoms with Crippen molar-refractivity contribution in [3.05, 3.63) is 34.5 Å². The lowest BCUT2D eigenvalue weighted by Crippen LogP contribution is -3.00. The predicted octanol–water partition coefficient (Wildman–Crippen LogP) is -2.05. The maximum absolute atomic E-state index is 12.2. The molecular weight excluding hydrogens is 341 g/mol. The summed E-state index contributed by atoms with van der Waals surface area (Å²) in [7, 11) is 1.87. The van der Waals surface area contributed by atoms with Crippen LogP contribution in [-0.4, -0.2) is 9.55 Å². The number of aryl methyl sites for hydroxylation is 1. The average Bonchev–Trinajstić information content (AvgIpc) is 2.62. The minimum Gasteiger partial charge on any atom is -1.00 e. The maximum atomic E-state index is 12.2. The van der Waals surface area contributed by atoms with Crippen LogP contribution in [0.3, 0.4) is 0 Å². The van der Waals surface area contributed by atoms with Crippen LogP contribution in [0.1, 0.15) is 25.1 Å². The van der Waals surface area contributed by atoms with Gasteiger partial charge in [-0.25, -0.2) is 9.13 Å². The van der Waals surface area contributed by atoms with Gasteiger partial charge < -0.3 is 24.0 Å². The first-order chi connectivity index (χ1) is 8.29. The molecule has 0 fully saturated rings. The smallest absolute Gasteiger partial charge is 0.320 e. The van der Waals surface area contributed by atoms with E-state index in [4.69, 9.17) is 0 Å². The van der Waals surface area contributed by atoms with E-state index in [1.165, 1.54) is 12.8 Å². The van der Waals surface area contributed by atoms with E-state index < -0.39 is 0 Å². The third-order valence-corrected chi connectivity index (χ3v) is 3.56. The first kappa shape index (κ1) is 13.5. The molecule has 0 saturated heterocycles. The van der Waals surface area contributed by atoms with Crippen LogP contribution in [-0.2, 0) is 20.0 Å². The van der Waals surface area contributed by atoms with Gasteiger partial charge in [0.25, 0.3) is 5.65 Å². The fourth-order valence-corrected chi connectivity index (χ4v) is 2.65. The number of hydrogen-bond donors (Lipinski definition) is 0. The molecule has 0 radical (unpaired) electrons. The van der Waals surface area contributed by atoms with Gasteiger partial charge in [-0.1, -0.05) is 0 Å². The lowest BCUT2D eigenvalue weighted by Gasteiger charge is -2.09. The second kappa shape index (κ2) is 5.34. The van der Waals surface area contributed by atoms with Gasteiger partial charge in [-0.15, -0.1) is 4.98 Å². The molecule has 0 amide bonds. The molecule has 1 aliphatic rings. The predicted molar refractivity (Wildman–Crippen MR) is 64.7 cm³/mol. The van der Waals surface area contributed by atoms with Crippen LogP contribution in [0.15, 0.2) is 23.1 Å². The van der Waals surface area contributed by atoms with Gasteiger partial charge in [0.15, 0.2) is 0 Å². The number of hydrogen-bond acceptors (Lipinski definition) is 2. The van der Waals surface area contributed by atoms with Gasteiger partial charge in [0, 0.05) is 6.42 Å². The van der Waals surface area contributed by atoms with E-state index in [-0.39, 0.29) is 29.5 Å². The number of pyridine rings is 1. The third kappa shape index (κ3) is 2.04. The van der Waals surface area contributed by atoms with Crippen molar-refractivity contribution in [2.24, 2.45) is 7.05 Å². The number of nitrogens with zero attached hydrogens (tertiary/aromatic N) is 3. The van der Waals surface area contributed by atoms with E-state index in [1.54, 1.807) is 10.8 Å². The second-order valence-electron chi connectivity index (χ2n) is 4.62. The second-order valence-corrected chi connectivity index (χ2v) is 4.62. The van der Waals surface area contributed by atoms with Gasteiger partial charge in [-0.2, -0.15) is 0 Å². The van der Waals surface area contributed by atoms with Gasteiger partial charge in [0.1, 0.15) is 11.6 Å². The van der Waals surface area contributed by atoms with E-state index in [0.717, 1.165) is 36.2 Å².